The summed E-state index contributed by atoms with van der Waals surface area (Å²) < 4.78 is 11.1. The normalized spacial score (nSPS) is 20.5. The van der Waals surface area contributed by atoms with Gasteiger partial charge in [-0.25, -0.2) is 4.98 Å². The molecule has 2 aliphatic rings. The highest BCUT2D eigenvalue weighted by atomic mass is 16.5. The minimum atomic E-state index is 0.681. The number of hydrogen-bond donors (Lipinski definition) is 1. The predicted octanol–water partition coefficient (Wildman–Crippen LogP) is 0.202. The standard InChI is InChI=1S/C15H24N4O2/c1-2-15(21-12-9-18-7-10-20-11-8-18)17-13-14(1)19-5-3-16-4-6-19/h1-2,13,16H,3-12H2. The van der Waals surface area contributed by atoms with E-state index in [9.17, 15) is 0 Å². The lowest BCUT2D eigenvalue weighted by atomic mass is 10.3. The summed E-state index contributed by atoms with van der Waals surface area (Å²) in [7, 11) is 0. The van der Waals surface area contributed by atoms with Gasteiger partial charge in [0.2, 0.25) is 5.88 Å². The van der Waals surface area contributed by atoms with Crippen LogP contribution in [0.5, 0.6) is 5.88 Å². The molecule has 2 saturated heterocycles. The largest absolute Gasteiger partial charge is 0.476 e. The fourth-order valence-electron chi connectivity index (χ4n) is 2.67. The summed E-state index contributed by atoms with van der Waals surface area (Å²) >= 11 is 0. The predicted molar refractivity (Wildman–Crippen MR) is 82.1 cm³/mol. The second kappa shape index (κ2) is 7.59. The van der Waals surface area contributed by atoms with Gasteiger partial charge in [0.15, 0.2) is 0 Å². The molecule has 116 valence electrons. The Morgan fingerprint density at radius 3 is 2.67 bits per heavy atom. The molecule has 0 spiro atoms. The Morgan fingerprint density at radius 2 is 1.95 bits per heavy atom. The van der Waals surface area contributed by atoms with E-state index in [-0.39, 0.29) is 0 Å². The van der Waals surface area contributed by atoms with Crippen molar-refractivity contribution in [2.24, 2.45) is 0 Å². The van der Waals surface area contributed by atoms with Crippen LogP contribution in [0.25, 0.3) is 0 Å². The molecule has 6 nitrogen and oxygen atoms in total. The summed E-state index contributed by atoms with van der Waals surface area (Å²) in [6.45, 7) is 9.44. The van der Waals surface area contributed by atoms with Crippen LogP contribution in [0.15, 0.2) is 18.3 Å². The van der Waals surface area contributed by atoms with E-state index in [2.05, 4.69) is 26.2 Å². The van der Waals surface area contributed by atoms with E-state index < -0.39 is 0 Å². The Labute approximate surface area is 126 Å². The topological polar surface area (TPSA) is 49.9 Å². The summed E-state index contributed by atoms with van der Waals surface area (Å²) in [6.07, 6.45) is 1.91. The third kappa shape index (κ3) is 4.30. The molecule has 1 aromatic heterocycles. The summed E-state index contributed by atoms with van der Waals surface area (Å²) in [4.78, 5) is 9.12. The number of piperazine rings is 1. The number of pyridine rings is 1. The lowest BCUT2D eigenvalue weighted by Crippen LogP contribution is -2.43. The Bertz CT molecular complexity index is 414. The molecule has 0 bridgehead atoms. The van der Waals surface area contributed by atoms with Crippen LogP contribution >= 0.6 is 0 Å². The van der Waals surface area contributed by atoms with Gasteiger partial charge in [-0.05, 0) is 6.07 Å². The lowest BCUT2D eigenvalue weighted by Gasteiger charge is -2.29. The first-order chi connectivity index (χ1) is 10.4. The summed E-state index contributed by atoms with van der Waals surface area (Å²) in [5, 5.41) is 3.35. The molecule has 6 heteroatoms. The highest BCUT2D eigenvalue weighted by Crippen LogP contribution is 2.16. The van der Waals surface area contributed by atoms with Crippen molar-refractivity contribution in [1.29, 1.82) is 0 Å². The van der Waals surface area contributed by atoms with E-state index in [4.69, 9.17) is 9.47 Å². The zero-order valence-corrected chi connectivity index (χ0v) is 12.5. The average molecular weight is 292 g/mol. The first-order valence-corrected chi connectivity index (χ1v) is 7.76. The minimum Gasteiger partial charge on any atom is -0.476 e. The number of nitrogens with zero attached hydrogens (tertiary/aromatic N) is 3. The van der Waals surface area contributed by atoms with Crippen LogP contribution in [-0.2, 0) is 4.74 Å². The van der Waals surface area contributed by atoms with Gasteiger partial charge in [-0.15, -0.1) is 0 Å². The second-order valence-electron chi connectivity index (χ2n) is 5.39. The van der Waals surface area contributed by atoms with Crippen molar-refractivity contribution in [3.05, 3.63) is 18.3 Å². The van der Waals surface area contributed by atoms with E-state index in [1.54, 1.807) is 0 Å². The third-order valence-corrected chi connectivity index (χ3v) is 3.96. The molecule has 0 atom stereocenters. The fraction of sp³-hybridized carbons (Fsp3) is 0.667. The third-order valence-electron chi connectivity index (χ3n) is 3.96. The highest BCUT2D eigenvalue weighted by Gasteiger charge is 2.12. The Balaban J connectivity index is 1.43. The molecule has 0 radical (unpaired) electrons. The number of nitrogens with one attached hydrogen (secondary N) is 1. The molecule has 3 rings (SSSR count). The monoisotopic (exact) mass is 292 g/mol. The molecule has 0 aromatic carbocycles. The molecule has 1 aromatic rings. The average Bonchev–Trinajstić information content (AvgIpc) is 2.57. The quantitative estimate of drug-likeness (QED) is 0.837. The smallest absolute Gasteiger partial charge is 0.213 e. The molecule has 0 unspecified atom stereocenters. The number of ether oxygens (including phenoxy) is 2. The maximum Gasteiger partial charge on any atom is 0.213 e. The molecule has 0 saturated carbocycles. The molecule has 21 heavy (non-hydrogen) atoms. The van der Waals surface area contributed by atoms with Crippen molar-refractivity contribution < 1.29 is 9.47 Å². The van der Waals surface area contributed by atoms with Crippen LogP contribution in [0.2, 0.25) is 0 Å². The van der Waals surface area contributed by atoms with Crippen molar-refractivity contribution in [3.8, 4) is 5.88 Å². The molecule has 2 fully saturated rings. The van der Waals surface area contributed by atoms with Crippen LogP contribution in [-0.4, -0.2) is 75.5 Å². The lowest BCUT2D eigenvalue weighted by molar-refractivity contribution is 0.0320. The number of hydrogen-bond acceptors (Lipinski definition) is 6. The van der Waals surface area contributed by atoms with Crippen molar-refractivity contribution in [2.45, 2.75) is 0 Å². The van der Waals surface area contributed by atoms with Gasteiger partial charge in [0.25, 0.3) is 0 Å². The van der Waals surface area contributed by atoms with Crippen LogP contribution < -0.4 is 15.0 Å². The van der Waals surface area contributed by atoms with Crippen LogP contribution in [0.1, 0.15) is 0 Å². The van der Waals surface area contributed by atoms with Crippen molar-refractivity contribution in [2.75, 3.05) is 70.5 Å². The van der Waals surface area contributed by atoms with Gasteiger partial charge >= 0.3 is 0 Å². The number of morpholine rings is 1. The molecule has 0 amide bonds. The molecular formula is C15H24N4O2. The Kier molecular flexibility index (Phi) is 5.26. The van der Waals surface area contributed by atoms with E-state index in [0.717, 1.165) is 59.0 Å². The van der Waals surface area contributed by atoms with Gasteiger partial charge in [0, 0.05) is 51.9 Å². The molecule has 2 aliphatic heterocycles. The Morgan fingerprint density at radius 1 is 1.14 bits per heavy atom. The van der Waals surface area contributed by atoms with E-state index in [1.807, 2.05) is 12.3 Å². The van der Waals surface area contributed by atoms with E-state index >= 15 is 0 Å². The van der Waals surface area contributed by atoms with Crippen LogP contribution in [0.3, 0.4) is 0 Å². The second-order valence-corrected chi connectivity index (χ2v) is 5.39. The maximum atomic E-state index is 5.73. The van der Waals surface area contributed by atoms with Gasteiger partial charge in [0.05, 0.1) is 25.1 Å². The van der Waals surface area contributed by atoms with Gasteiger partial charge in [-0.1, -0.05) is 0 Å². The van der Waals surface area contributed by atoms with Gasteiger partial charge < -0.3 is 19.7 Å². The zero-order chi connectivity index (χ0) is 14.3. The maximum absolute atomic E-state index is 5.73. The summed E-state index contributed by atoms with van der Waals surface area (Å²) in [5.41, 5.74) is 1.18. The molecular weight excluding hydrogens is 268 g/mol. The molecule has 3 heterocycles. The highest BCUT2D eigenvalue weighted by molar-refractivity contribution is 5.45. The van der Waals surface area contributed by atoms with E-state index in [1.165, 1.54) is 5.69 Å². The summed E-state index contributed by atoms with van der Waals surface area (Å²) in [6, 6.07) is 4.07. The van der Waals surface area contributed by atoms with Crippen molar-refractivity contribution in [3.63, 3.8) is 0 Å². The molecule has 1 N–H and O–H groups in total. The fourth-order valence-corrected chi connectivity index (χ4v) is 2.67. The number of anilines is 1. The van der Waals surface area contributed by atoms with Gasteiger partial charge in [-0.3, -0.25) is 4.90 Å². The first-order valence-electron chi connectivity index (χ1n) is 7.76. The SMILES string of the molecule is c1cc(OCCN2CCOCC2)ncc1N1CCNCC1. The van der Waals surface area contributed by atoms with E-state index in [0.29, 0.717) is 12.5 Å². The minimum absolute atomic E-state index is 0.681. The zero-order valence-electron chi connectivity index (χ0n) is 12.5. The number of rotatable bonds is 5. The first kappa shape index (κ1) is 14.6. The van der Waals surface area contributed by atoms with Crippen molar-refractivity contribution >= 4 is 5.69 Å². The summed E-state index contributed by atoms with van der Waals surface area (Å²) in [5.74, 6) is 0.710. The van der Waals surface area contributed by atoms with Gasteiger partial charge in [0.1, 0.15) is 6.61 Å². The van der Waals surface area contributed by atoms with Crippen LogP contribution in [0, 0.1) is 0 Å². The molecule has 0 aliphatic carbocycles. The Hall–Kier alpha value is -1.37. The van der Waals surface area contributed by atoms with Crippen molar-refractivity contribution in [1.82, 2.24) is 15.2 Å². The van der Waals surface area contributed by atoms with Crippen LogP contribution in [0.4, 0.5) is 5.69 Å². The number of aromatic nitrogens is 1. The van der Waals surface area contributed by atoms with Gasteiger partial charge in [-0.2, -0.15) is 0 Å².